The van der Waals surface area contributed by atoms with Crippen LogP contribution in [0.3, 0.4) is 0 Å². The standard InChI is InChI=1S/C10H16N4O2/c1-10(2,16-9(11)15)5-7-4-8(12-3)14-6-13-7/h4,6H,5H2,1-3H3,(H2,11,15)(H,12,13,14). The summed E-state index contributed by atoms with van der Waals surface area (Å²) in [6, 6.07) is 1.80. The quantitative estimate of drug-likeness (QED) is 0.794. The molecule has 1 heterocycles. The maximum atomic E-state index is 10.7. The van der Waals surface area contributed by atoms with E-state index in [9.17, 15) is 4.79 Å². The van der Waals surface area contributed by atoms with Gasteiger partial charge in [-0.15, -0.1) is 0 Å². The Labute approximate surface area is 94.2 Å². The summed E-state index contributed by atoms with van der Waals surface area (Å²) in [6.45, 7) is 3.55. The van der Waals surface area contributed by atoms with Gasteiger partial charge < -0.3 is 15.8 Å². The molecule has 0 saturated carbocycles. The first kappa shape index (κ1) is 12.2. The van der Waals surface area contributed by atoms with Gasteiger partial charge >= 0.3 is 6.09 Å². The second kappa shape index (κ2) is 4.78. The molecule has 0 saturated heterocycles. The highest BCUT2D eigenvalue weighted by atomic mass is 16.6. The minimum Gasteiger partial charge on any atom is -0.443 e. The van der Waals surface area contributed by atoms with Crippen LogP contribution in [0.4, 0.5) is 10.6 Å². The molecule has 0 aliphatic rings. The van der Waals surface area contributed by atoms with Crippen LogP contribution in [-0.2, 0) is 11.2 Å². The molecule has 0 unspecified atom stereocenters. The zero-order valence-electron chi connectivity index (χ0n) is 9.65. The Kier molecular flexibility index (Phi) is 3.65. The van der Waals surface area contributed by atoms with E-state index in [1.807, 2.05) is 0 Å². The molecule has 0 aliphatic heterocycles. The fraction of sp³-hybridized carbons (Fsp3) is 0.500. The number of carbonyl (C=O) groups is 1. The molecule has 1 rings (SSSR count). The van der Waals surface area contributed by atoms with Crippen LogP contribution in [0.15, 0.2) is 12.4 Å². The van der Waals surface area contributed by atoms with Gasteiger partial charge in [0.25, 0.3) is 0 Å². The van der Waals surface area contributed by atoms with Crippen molar-refractivity contribution in [1.82, 2.24) is 9.97 Å². The van der Waals surface area contributed by atoms with Crippen LogP contribution >= 0.6 is 0 Å². The average Bonchev–Trinajstić information content (AvgIpc) is 2.15. The van der Waals surface area contributed by atoms with Crippen LogP contribution in [0.25, 0.3) is 0 Å². The molecule has 0 spiro atoms. The van der Waals surface area contributed by atoms with Gasteiger partial charge in [-0.05, 0) is 13.8 Å². The zero-order chi connectivity index (χ0) is 12.2. The third-order valence-electron chi connectivity index (χ3n) is 1.96. The fourth-order valence-corrected chi connectivity index (χ4v) is 1.38. The molecule has 1 amide bonds. The lowest BCUT2D eigenvalue weighted by molar-refractivity contribution is 0.0453. The number of carbonyl (C=O) groups excluding carboxylic acids is 1. The fourth-order valence-electron chi connectivity index (χ4n) is 1.38. The molecule has 3 N–H and O–H groups in total. The molecule has 0 fully saturated rings. The first-order chi connectivity index (χ1) is 7.43. The first-order valence-corrected chi connectivity index (χ1v) is 4.90. The molecule has 0 aliphatic carbocycles. The maximum Gasteiger partial charge on any atom is 0.405 e. The van der Waals surface area contributed by atoms with Gasteiger partial charge in [-0.1, -0.05) is 0 Å². The van der Waals surface area contributed by atoms with Crippen LogP contribution in [0, 0.1) is 0 Å². The molecule has 88 valence electrons. The molecule has 6 heteroatoms. The lowest BCUT2D eigenvalue weighted by atomic mass is 10.0. The minimum absolute atomic E-state index is 0.479. The van der Waals surface area contributed by atoms with Gasteiger partial charge in [-0.25, -0.2) is 14.8 Å². The van der Waals surface area contributed by atoms with Crippen molar-refractivity contribution in [3.8, 4) is 0 Å². The average molecular weight is 224 g/mol. The number of ether oxygens (including phenoxy) is 1. The summed E-state index contributed by atoms with van der Waals surface area (Å²) in [5.41, 5.74) is 5.09. The summed E-state index contributed by atoms with van der Waals surface area (Å²) in [6.07, 6.45) is 1.15. The van der Waals surface area contributed by atoms with E-state index in [1.165, 1.54) is 6.33 Å². The Morgan fingerprint density at radius 1 is 1.56 bits per heavy atom. The van der Waals surface area contributed by atoms with Gasteiger partial charge in [-0.2, -0.15) is 0 Å². The summed E-state index contributed by atoms with van der Waals surface area (Å²) >= 11 is 0. The Morgan fingerprint density at radius 3 is 2.81 bits per heavy atom. The van der Waals surface area contributed by atoms with Crippen molar-refractivity contribution in [2.45, 2.75) is 25.9 Å². The van der Waals surface area contributed by atoms with Gasteiger partial charge in [0.05, 0.1) is 0 Å². The predicted octanol–water partition coefficient (Wildman–Crippen LogP) is 0.935. The topological polar surface area (TPSA) is 90.1 Å². The third-order valence-corrected chi connectivity index (χ3v) is 1.96. The molecule has 0 radical (unpaired) electrons. The Hall–Kier alpha value is -1.85. The Morgan fingerprint density at radius 2 is 2.25 bits per heavy atom. The first-order valence-electron chi connectivity index (χ1n) is 4.90. The number of aromatic nitrogens is 2. The summed E-state index contributed by atoms with van der Waals surface area (Å²) in [4.78, 5) is 18.8. The van der Waals surface area contributed by atoms with Crippen molar-refractivity contribution in [2.75, 3.05) is 12.4 Å². The van der Waals surface area contributed by atoms with E-state index in [-0.39, 0.29) is 0 Å². The van der Waals surface area contributed by atoms with Crippen molar-refractivity contribution < 1.29 is 9.53 Å². The number of anilines is 1. The normalized spacial score (nSPS) is 10.9. The molecule has 16 heavy (non-hydrogen) atoms. The summed E-state index contributed by atoms with van der Waals surface area (Å²) in [7, 11) is 1.77. The van der Waals surface area contributed by atoms with E-state index >= 15 is 0 Å². The second-order valence-corrected chi connectivity index (χ2v) is 4.00. The third kappa shape index (κ3) is 3.72. The largest absolute Gasteiger partial charge is 0.443 e. The smallest absolute Gasteiger partial charge is 0.405 e. The van der Waals surface area contributed by atoms with Crippen LogP contribution in [0.1, 0.15) is 19.5 Å². The maximum absolute atomic E-state index is 10.7. The van der Waals surface area contributed by atoms with E-state index in [0.717, 1.165) is 11.5 Å². The lowest BCUT2D eigenvalue weighted by Crippen LogP contribution is -2.33. The van der Waals surface area contributed by atoms with Crippen LogP contribution in [0.5, 0.6) is 0 Å². The number of nitrogens with zero attached hydrogens (tertiary/aromatic N) is 2. The SMILES string of the molecule is CNc1cc(CC(C)(C)OC(N)=O)ncn1. The summed E-state index contributed by atoms with van der Waals surface area (Å²) in [5, 5.41) is 2.91. The number of rotatable bonds is 4. The predicted molar refractivity (Wildman–Crippen MR) is 60.0 cm³/mol. The molecule has 1 aromatic rings. The van der Waals surface area contributed by atoms with E-state index in [4.69, 9.17) is 10.5 Å². The van der Waals surface area contributed by atoms with Crippen molar-refractivity contribution >= 4 is 11.9 Å². The van der Waals surface area contributed by atoms with Crippen molar-refractivity contribution in [3.05, 3.63) is 18.1 Å². The van der Waals surface area contributed by atoms with E-state index in [1.54, 1.807) is 27.0 Å². The number of hydrogen-bond donors (Lipinski definition) is 2. The Bertz CT molecular complexity index is 379. The van der Waals surface area contributed by atoms with Gasteiger partial charge in [0.1, 0.15) is 17.7 Å². The van der Waals surface area contributed by atoms with Gasteiger partial charge in [-0.3, -0.25) is 0 Å². The molecule has 1 aromatic heterocycles. The molecule has 6 nitrogen and oxygen atoms in total. The van der Waals surface area contributed by atoms with Crippen LogP contribution < -0.4 is 11.1 Å². The molecule has 0 bridgehead atoms. The van der Waals surface area contributed by atoms with E-state index in [2.05, 4.69) is 15.3 Å². The molecule has 0 aromatic carbocycles. The summed E-state index contributed by atoms with van der Waals surface area (Å²) < 4.78 is 4.97. The number of nitrogens with two attached hydrogens (primary N) is 1. The van der Waals surface area contributed by atoms with Gasteiger partial charge in [0.2, 0.25) is 0 Å². The minimum atomic E-state index is -0.784. The van der Waals surface area contributed by atoms with Crippen molar-refractivity contribution in [2.24, 2.45) is 5.73 Å². The highest BCUT2D eigenvalue weighted by Crippen LogP contribution is 2.16. The number of amides is 1. The van der Waals surface area contributed by atoms with E-state index in [0.29, 0.717) is 6.42 Å². The number of hydrogen-bond acceptors (Lipinski definition) is 5. The van der Waals surface area contributed by atoms with Gasteiger partial charge in [0.15, 0.2) is 0 Å². The highest BCUT2D eigenvalue weighted by Gasteiger charge is 2.23. The Balaban J connectivity index is 2.75. The summed E-state index contributed by atoms with van der Waals surface area (Å²) in [5.74, 6) is 0.722. The van der Waals surface area contributed by atoms with Gasteiger partial charge in [0, 0.05) is 25.2 Å². The lowest BCUT2D eigenvalue weighted by Gasteiger charge is -2.23. The molecular weight excluding hydrogens is 208 g/mol. The monoisotopic (exact) mass is 224 g/mol. The van der Waals surface area contributed by atoms with E-state index < -0.39 is 11.7 Å². The van der Waals surface area contributed by atoms with Crippen molar-refractivity contribution in [3.63, 3.8) is 0 Å². The highest BCUT2D eigenvalue weighted by molar-refractivity contribution is 5.65. The number of primary amides is 1. The number of nitrogens with one attached hydrogen (secondary N) is 1. The zero-order valence-corrected chi connectivity index (χ0v) is 9.65. The molecular formula is C10H16N4O2. The van der Waals surface area contributed by atoms with Crippen LogP contribution in [0.2, 0.25) is 0 Å². The van der Waals surface area contributed by atoms with Crippen LogP contribution in [-0.4, -0.2) is 28.7 Å². The molecule has 0 atom stereocenters. The van der Waals surface area contributed by atoms with Crippen molar-refractivity contribution in [1.29, 1.82) is 0 Å². The second-order valence-electron chi connectivity index (χ2n) is 4.00.